The Morgan fingerprint density at radius 1 is 1.47 bits per heavy atom. The standard InChI is InChI=1S/C13H12BrN3O2/c1-17-12(15-7-16-17)6-10(18)11-5-8-3-2-4-9(14)13(8)19-11/h2-5,7,10,18H,6H2,1H3. The van der Waals surface area contributed by atoms with E-state index >= 15 is 0 Å². The van der Waals surface area contributed by atoms with Crippen LogP contribution < -0.4 is 0 Å². The molecule has 3 rings (SSSR count). The molecule has 1 aromatic carbocycles. The second-order valence-electron chi connectivity index (χ2n) is 4.33. The van der Waals surface area contributed by atoms with Crippen LogP contribution in [0.5, 0.6) is 0 Å². The summed E-state index contributed by atoms with van der Waals surface area (Å²) in [5.41, 5.74) is 0.745. The van der Waals surface area contributed by atoms with Gasteiger partial charge in [-0.1, -0.05) is 12.1 Å². The number of rotatable bonds is 3. The SMILES string of the molecule is Cn1ncnc1CC(O)c1cc2cccc(Br)c2o1. The van der Waals surface area contributed by atoms with Crippen molar-refractivity contribution in [3.05, 3.63) is 46.7 Å². The molecule has 0 amide bonds. The average molecular weight is 322 g/mol. The number of aliphatic hydroxyl groups is 1. The van der Waals surface area contributed by atoms with Gasteiger partial charge in [0.25, 0.3) is 0 Å². The Hall–Kier alpha value is -1.66. The van der Waals surface area contributed by atoms with Gasteiger partial charge in [0.2, 0.25) is 0 Å². The predicted octanol–water partition coefficient (Wildman–Crippen LogP) is 2.60. The van der Waals surface area contributed by atoms with Crippen LogP contribution in [0.15, 0.2) is 39.5 Å². The topological polar surface area (TPSA) is 64.1 Å². The fourth-order valence-electron chi connectivity index (χ4n) is 1.99. The first-order chi connectivity index (χ1) is 9.15. The lowest BCUT2D eigenvalue weighted by atomic mass is 10.2. The fourth-order valence-corrected chi connectivity index (χ4v) is 2.45. The third-order valence-corrected chi connectivity index (χ3v) is 3.65. The van der Waals surface area contributed by atoms with Crippen molar-refractivity contribution >= 4 is 26.9 Å². The van der Waals surface area contributed by atoms with E-state index in [-0.39, 0.29) is 0 Å². The largest absolute Gasteiger partial charge is 0.457 e. The van der Waals surface area contributed by atoms with E-state index < -0.39 is 6.10 Å². The van der Waals surface area contributed by atoms with Crippen LogP contribution in [-0.2, 0) is 13.5 Å². The lowest BCUT2D eigenvalue weighted by molar-refractivity contribution is 0.149. The summed E-state index contributed by atoms with van der Waals surface area (Å²) in [5.74, 6) is 1.25. The Bertz CT molecular complexity index is 720. The number of aryl methyl sites for hydroxylation is 1. The van der Waals surface area contributed by atoms with Gasteiger partial charge in [0, 0.05) is 18.9 Å². The normalized spacial score (nSPS) is 13.0. The van der Waals surface area contributed by atoms with Gasteiger partial charge in [-0.2, -0.15) is 5.10 Å². The number of hydrogen-bond donors (Lipinski definition) is 1. The molecule has 1 unspecified atom stereocenters. The maximum atomic E-state index is 10.2. The van der Waals surface area contributed by atoms with Crippen LogP contribution in [0.1, 0.15) is 17.7 Å². The van der Waals surface area contributed by atoms with E-state index in [2.05, 4.69) is 26.0 Å². The Kier molecular flexibility index (Phi) is 3.12. The third kappa shape index (κ3) is 2.29. The molecular weight excluding hydrogens is 310 g/mol. The van der Waals surface area contributed by atoms with Gasteiger partial charge in [0.1, 0.15) is 29.6 Å². The molecule has 5 nitrogen and oxygen atoms in total. The number of fused-ring (bicyclic) bond motifs is 1. The zero-order valence-corrected chi connectivity index (χ0v) is 11.8. The Morgan fingerprint density at radius 3 is 3.00 bits per heavy atom. The molecule has 98 valence electrons. The van der Waals surface area contributed by atoms with E-state index in [1.807, 2.05) is 24.3 Å². The van der Waals surface area contributed by atoms with Crippen molar-refractivity contribution in [2.75, 3.05) is 0 Å². The van der Waals surface area contributed by atoms with Crippen molar-refractivity contribution in [2.24, 2.45) is 7.05 Å². The minimum absolute atomic E-state index is 0.369. The molecular formula is C13H12BrN3O2. The first kappa shape index (κ1) is 12.4. The van der Waals surface area contributed by atoms with Crippen LogP contribution in [0.3, 0.4) is 0 Å². The molecule has 6 heteroatoms. The summed E-state index contributed by atoms with van der Waals surface area (Å²) in [5, 5.41) is 15.2. The molecule has 2 heterocycles. The van der Waals surface area contributed by atoms with Gasteiger partial charge in [-0.3, -0.25) is 4.68 Å². The van der Waals surface area contributed by atoms with Crippen molar-refractivity contribution in [1.82, 2.24) is 14.8 Å². The van der Waals surface area contributed by atoms with Crippen molar-refractivity contribution in [3.63, 3.8) is 0 Å². The lowest BCUT2D eigenvalue weighted by Gasteiger charge is -2.06. The summed E-state index contributed by atoms with van der Waals surface area (Å²) < 4.78 is 8.21. The minimum Gasteiger partial charge on any atom is -0.457 e. The maximum Gasteiger partial charge on any atom is 0.148 e. The number of furan rings is 1. The van der Waals surface area contributed by atoms with E-state index in [1.54, 1.807) is 11.7 Å². The number of hydrogen-bond acceptors (Lipinski definition) is 4. The van der Waals surface area contributed by atoms with Crippen LogP contribution in [0, 0.1) is 0 Å². The molecule has 0 fully saturated rings. The number of aromatic nitrogens is 3. The van der Waals surface area contributed by atoms with Crippen molar-refractivity contribution < 1.29 is 9.52 Å². The number of para-hydroxylation sites is 1. The molecule has 0 radical (unpaired) electrons. The summed E-state index contributed by atoms with van der Waals surface area (Å²) in [6, 6.07) is 7.63. The van der Waals surface area contributed by atoms with Gasteiger partial charge in [0.15, 0.2) is 0 Å². The number of halogens is 1. The summed E-state index contributed by atoms with van der Waals surface area (Å²) in [6.45, 7) is 0. The van der Waals surface area contributed by atoms with Crippen LogP contribution in [0.25, 0.3) is 11.0 Å². The Labute approximate surface area is 118 Å². The van der Waals surface area contributed by atoms with Crippen LogP contribution >= 0.6 is 15.9 Å². The van der Waals surface area contributed by atoms with Gasteiger partial charge < -0.3 is 9.52 Å². The molecule has 1 atom stereocenters. The second-order valence-corrected chi connectivity index (χ2v) is 5.18. The molecule has 2 aromatic heterocycles. The zero-order valence-electron chi connectivity index (χ0n) is 10.2. The molecule has 1 N–H and O–H groups in total. The zero-order chi connectivity index (χ0) is 13.4. The van der Waals surface area contributed by atoms with Crippen LogP contribution in [-0.4, -0.2) is 19.9 Å². The summed E-state index contributed by atoms with van der Waals surface area (Å²) in [4.78, 5) is 4.09. The monoisotopic (exact) mass is 321 g/mol. The molecule has 0 spiro atoms. The maximum absolute atomic E-state index is 10.2. The van der Waals surface area contributed by atoms with Crippen molar-refractivity contribution in [3.8, 4) is 0 Å². The van der Waals surface area contributed by atoms with Gasteiger partial charge in [-0.05, 0) is 28.1 Å². The van der Waals surface area contributed by atoms with E-state index in [0.717, 1.165) is 15.4 Å². The first-order valence-electron chi connectivity index (χ1n) is 5.84. The van der Waals surface area contributed by atoms with Crippen molar-refractivity contribution in [2.45, 2.75) is 12.5 Å². The van der Waals surface area contributed by atoms with E-state index in [9.17, 15) is 5.11 Å². The van der Waals surface area contributed by atoms with Gasteiger partial charge in [-0.25, -0.2) is 4.98 Å². The van der Waals surface area contributed by atoms with E-state index in [1.165, 1.54) is 6.33 Å². The third-order valence-electron chi connectivity index (χ3n) is 3.02. The number of aliphatic hydroxyl groups excluding tert-OH is 1. The molecule has 0 aliphatic heterocycles. The number of benzene rings is 1. The quantitative estimate of drug-likeness (QED) is 0.805. The summed E-state index contributed by atoms with van der Waals surface area (Å²) in [7, 11) is 1.80. The number of nitrogens with zero attached hydrogens (tertiary/aromatic N) is 3. The van der Waals surface area contributed by atoms with Crippen molar-refractivity contribution in [1.29, 1.82) is 0 Å². The highest BCUT2D eigenvalue weighted by Crippen LogP contribution is 2.30. The minimum atomic E-state index is -0.734. The lowest BCUT2D eigenvalue weighted by Crippen LogP contribution is -2.06. The first-order valence-corrected chi connectivity index (χ1v) is 6.63. The summed E-state index contributed by atoms with van der Waals surface area (Å²) >= 11 is 3.43. The smallest absolute Gasteiger partial charge is 0.148 e. The molecule has 0 aliphatic rings. The molecule has 0 saturated heterocycles. The van der Waals surface area contributed by atoms with Gasteiger partial charge in [0.05, 0.1) is 4.47 Å². The second kappa shape index (κ2) is 4.79. The Morgan fingerprint density at radius 2 is 2.32 bits per heavy atom. The van der Waals surface area contributed by atoms with E-state index in [4.69, 9.17) is 4.42 Å². The highest BCUT2D eigenvalue weighted by atomic mass is 79.9. The Balaban J connectivity index is 1.91. The highest BCUT2D eigenvalue weighted by molar-refractivity contribution is 9.10. The molecule has 3 aromatic rings. The van der Waals surface area contributed by atoms with Gasteiger partial charge >= 0.3 is 0 Å². The molecule has 0 aliphatic carbocycles. The fraction of sp³-hybridized carbons (Fsp3) is 0.231. The predicted molar refractivity (Wildman–Crippen MR) is 73.6 cm³/mol. The molecule has 0 saturated carbocycles. The average Bonchev–Trinajstić information content (AvgIpc) is 2.97. The molecule has 0 bridgehead atoms. The van der Waals surface area contributed by atoms with E-state index in [0.29, 0.717) is 18.0 Å². The van der Waals surface area contributed by atoms with Crippen LogP contribution in [0.4, 0.5) is 0 Å². The summed E-state index contributed by atoms with van der Waals surface area (Å²) in [6.07, 6.45) is 1.10. The molecule has 19 heavy (non-hydrogen) atoms. The van der Waals surface area contributed by atoms with Crippen LogP contribution in [0.2, 0.25) is 0 Å². The van der Waals surface area contributed by atoms with Gasteiger partial charge in [-0.15, -0.1) is 0 Å². The highest BCUT2D eigenvalue weighted by Gasteiger charge is 2.17.